The summed E-state index contributed by atoms with van der Waals surface area (Å²) in [4.78, 5) is 33.3. The number of amides is 2. The fourth-order valence-electron chi connectivity index (χ4n) is 3.79. The molecule has 1 aliphatic heterocycles. The van der Waals surface area contributed by atoms with Crippen LogP contribution in [-0.4, -0.2) is 59.9 Å². The SMILES string of the molecule is COc1ccc(CN2CCNC(=O)C2CC(=O)N(C)Cc2ccncc2C)cc1C. The van der Waals surface area contributed by atoms with Crippen LogP contribution in [0, 0.1) is 13.8 Å². The Balaban J connectivity index is 1.68. The Hall–Kier alpha value is -2.93. The van der Waals surface area contributed by atoms with Crippen molar-refractivity contribution >= 4 is 11.8 Å². The van der Waals surface area contributed by atoms with Crippen molar-refractivity contribution in [3.8, 4) is 5.75 Å². The molecule has 1 aromatic heterocycles. The Kier molecular flexibility index (Phi) is 7.05. The van der Waals surface area contributed by atoms with Gasteiger partial charge in [0.2, 0.25) is 11.8 Å². The molecule has 2 aromatic rings. The van der Waals surface area contributed by atoms with E-state index < -0.39 is 6.04 Å². The van der Waals surface area contributed by atoms with Gasteiger partial charge < -0.3 is 15.0 Å². The average Bonchev–Trinajstić information content (AvgIpc) is 2.72. The zero-order chi connectivity index (χ0) is 21.7. The van der Waals surface area contributed by atoms with Gasteiger partial charge in [-0.25, -0.2) is 0 Å². The van der Waals surface area contributed by atoms with E-state index in [-0.39, 0.29) is 18.2 Å². The third-order valence-corrected chi connectivity index (χ3v) is 5.62. The van der Waals surface area contributed by atoms with Crippen molar-refractivity contribution in [2.24, 2.45) is 0 Å². The first kappa shape index (κ1) is 21.8. The van der Waals surface area contributed by atoms with Crippen LogP contribution in [0.2, 0.25) is 0 Å². The number of aromatic nitrogens is 1. The number of ether oxygens (including phenoxy) is 1. The Labute approximate surface area is 178 Å². The summed E-state index contributed by atoms with van der Waals surface area (Å²) in [6, 6.07) is 7.47. The highest BCUT2D eigenvalue weighted by atomic mass is 16.5. The molecule has 1 unspecified atom stereocenters. The van der Waals surface area contributed by atoms with Crippen molar-refractivity contribution in [1.82, 2.24) is 20.1 Å². The molecule has 2 heterocycles. The maximum atomic E-state index is 12.9. The van der Waals surface area contributed by atoms with Gasteiger partial charge in [0.1, 0.15) is 5.75 Å². The van der Waals surface area contributed by atoms with Gasteiger partial charge in [-0.3, -0.25) is 19.5 Å². The number of carbonyl (C=O) groups is 2. The predicted octanol–water partition coefficient (Wildman–Crippen LogP) is 2.06. The molecule has 0 bridgehead atoms. The fourth-order valence-corrected chi connectivity index (χ4v) is 3.79. The van der Waals surface area contributed by atoms with E-state index in [1.54, 1.807) is 31.5 Å². The lowest BCUT2D eigenvalue weighted by Gasteiger charge is -2.35. The summed E-state index contributed by atoms with van der Waals surface area (Å²) in [5.41, 5.74) is 4.25. The van der Waals surface area contributed by atoms with Crippen LogP contribution in [0.1, 0.15) is 28.7 Å². The topological polar surface area (TPSA) is 74.8 Å². The Bertz CT molecular complexity index is 915. The number of nitrogens with zero attached hydrogens (tertiary/aromatic N) is 3. The third kappa shape index (κ3) is 5.16. The minimum atomic E-state index is -0.477. The quantitative estimate of drug-likeness (QED) is 0.756. The summed E-state index contributed by atoms with van der Waals surface area (Å²) in [5.74, 6) is 0.701. The molecule has 3 rings (SSSR count). The second-order valence-corrected chi connectivity index (χ2v) is 7.84. The first-order valence-corrected chi connectivity index (χ1v) is 10.2. The van der Waals surface area contributed by atoms with Gasteiger partial charge in [0.25, 0.3) is 0 Å². The molecule has 2 amide bonds. The molecule has 0 spiro atoms. The molecule has 1 saturated heterocycles. The van der Waals surface area contributed by atoms with Gasteiger partial charge in [0.05, 0.1) is 19.6 Å². The van der Waals surface area contributed by atoms with Gasteiger partial charge >= 0.3 is 0 Å². The van der Waals surface area contributed by atoms with E-state index in [2.05, 4.69) is 21.3 Å². The van der Waals surface area contributed by atoms with E-state index in [1.807, 2.05) is 32.0 Å². The second-order valence-electron chi connectivity index (χ2n) is 7.84. The molecule has 1 aromatic carbocycles. The van der Waals surface area contributed by atoms with Crippen molar-refractivity contribution in [2.75, 3.05) is 27.2 Å². The molecule has 30 heavy (non-hydrogen) atoms. The summed E-state index contributed by atoms with van der Waals surface area (Å²) in [5, 5.41) is 2.90. The van der Waals surface area contributed by atoms with Crippen LogP contribution < -0.4 is 10.1 Å². The number of benzene rings is 1. The van der Waals surface area contributed by atoms with E-state index in [4.69, 9.17) is 4.74 Å². The molecule has 1 aliphatic rings. The van der Waals surface area contributed by atoms with Crippen LogP contribution in [0.5, 0.6) is 5.75 Å². The summed E-state index contributed by atoms with van der Waals surface area (Å²) in [7, 11) is 3.43. The molecule has 160 valence electrons. The lowest BCUT2D eigenvalue weighted by Crippen LogP contribution is -2.56. The summed E-state index contributed by atoms with van der Waals surface area (Å²) in [6.07, 6.45) is 3.68. The first-order valence-electron chi connectivity index (χ1n) is 10.2. The van der Waals surface area contributed by atoms with Crippen LogP contribution in [0.25, 0.3) is 0 Å². The molecule has 0 aliphatic carbocycles. The first-order chi connectivity index (χ1) is 14.4. The van der Waals surface area contributed by atoms with Crippen molar-refractivity contribution in [1.29, 1.82) is 0 Å². The second kappa shape index (κ2) is 9.71. The Morgan fingerprint density at radius 1 is 1.30 bits per heavy atom. The van der Waals surface area contributed by atoms with E-state index in [9.17, 15) is 9.59 Å². The molecule has 7 nitrogen and oxygen atoms in total. The van der Waals surface area contributed by atoms with Gasteiger partial charge in [-0.2, -0.15) is 0 Å². The molecular weight excluding hydrogens is 380 g/mol. The van der Waals surface area contributed by atoms with Crippen LogP contribution in [0.4, 0.5) is 0 Å². The monoisotopic (exact) mass is 410 g/mol. The van der Waals surface area contributed by atoms with Crippen LogP contribution in [-0.2, 0) is 22.7 Å². The maximum absolute atomic E-state index is 12.9. The molecule has 1 N–H and O–H groups in total. The van der Waals surface area contributed by atoms with Gasteiger partial charge in [0.15, 0.2) is 0 Å². The molecule has 0 radical (unpaired) electrons. The van der Waals surface area contributed by atoms with Crippen molar-refractivity contribution < 1.29 is 14.3 Å². The molecule has 1 fully saturated rings. The Morgan fingerprint density at radius 3 is 2.80 bits per heavy atom. The van der Waals surface area contributed by atoms with Crippen molar-refractivity contribution in [2.45, 2.75) is 39.4 Å². The lowest BCUT2D eigenvalue weighted by atomic mass is 10.0. The highest BCUT2D eigenvalue weighted by Gasteiger charge is 2.32. The smallest absolute Gasteiger partial charge is 0.237 e. The number of hydrogen-bond donors (Lipinski definition) is 1. The highest BCUT2D eigenvalue weighted by molar-refractivity contribution is 5.88. The van der Waals surface area contributed by atoms with Crippen molar-refractivity contribution in [3.05, 3.63) is 58.9 Å². The van der Waals surface area contributed by atoms with E-state index in [0.717, 1.165) is 28.0 Å². The van der Waals surface area contributed by atoms with Crippen molar-refractivity contribution in [3.63, 3.8) is 0 Å². The summed E-state index contributed by atoms with van der Waals surface area (Å²) in [6.45, 7) is 6.39. The number of aryl methyl sites for hydroxylation is 2. The fraction of sp³-hybridized carbons (Fsp3) is 0.435. The standard InChI is InChI=1S/C23H30N4O3/c1-16-11-18(5-6-21(16)30-4)14-27-10-9-25-23(29)20(27)12-22(28)26(3)15-19-7-8-24-13-17(19)2/h5-8,11,13,20H,9-10,12,14-15H2,1-4H3,(H,25,29). The largest absolute Gasteiger partial charge is 0.496 e. The van der Waals surface area contributed by atoms with Gasteiger partial charge in [-0.1, -0.05) is 12.1 Å². The van der Waals surface area contributed by atoms with Crippen LogP contribution in [0.3, 0.4) is 0 Å². The highest BCUT2D eigenvalue weighted by Crippen LogP contribution is 2.21. The lowest BCUT2D eigenvalue weighted by molar-refractivity contribution is -0.138. The molecule has 0 saturated carbocycles. The average molecular weight is 411 g/mol. The number of piperazine rings is 1. The number of carbonyl (C=O) groups excluding carboxylic acids is 2. The van der Waals surface area contributed by atoms with E-state index in [0.29, 0.717) is 26.2 Å². The van der Waals surface area contributed by atoms with E-state index >= 15 is 0 Å². The van der Waals surface area contributed by atoms with Crippen LogP contribution in [0.15, 0.2) is 36.7 Å². The number of nitrogens with one attached hydrogen (secondary N) is 1. The van der Waals surface area contributed by atoms with Gasteiger partial charge in [-0.15, -0.1) is 0 Å². The molecule has 7 heteroatoms. The van der Waals surface area contributed by atoms with Crippen LogP contribution >= 0.6 is 0 Å². The summed E-state index contributed by atoms with van der Waals surface area (Å²) >= 11 is 0. The van der Waals surface area contributed by atoms with Gasteiger partial charge in [0, 0.05) is 45.6 Å². The predicted molar refractivity (Wildman–Crippen MR) is 115 cm³/mol. The minimum Gasteiger partial charge on any atom is -0.496 e. The maximum Gasteiger partial charge on any atom is 0.237 e. The Morgan fingerprint density at radius 2 is 2.10 bits per heavy atom. The number of methoxy groups -OCH3 is 1. The normalized spacial score (nSPS) is 16.8. The molecule has 1 atom stereocenters. The minimum absolute atomic E-state index is 0.0517. The third-order valence-electron chi connectivity index (χ3n) is 5.62. The van der Waals surface area contributed by atoms with Gasteiger partial charge in [-0.05, 0) is 48.2 Å². The number of pyridine rings is 1. The zero-order valence-corrected chi connectivity index (χ0v) is 18.1. The summed E-state index contributed by atoms with van der Waals surface area (Å²) < 4.78 is 5.33. The number of rotatable bonds is 7. The van der Waals surface area contributed by atoms with E-state index in [1.165, 1.54) is 0 Å². The number of hydrogen-bond acceptors (Lipinski definition) is 5. The zero-order valence-electron chi connectivity index (χ0n) is 18.1. The molecular formula is C23H30N4O3.